The van der Waals surface area contributed by atoms with E-state index in [-0.39, 0.29) is 12.2 Å². The van der Waals surface area contributed by atoms with Crippen molar-refractivity contribution in [3.05, 3.63) is 34.9 Å². The van der Waals surface area contributed by atoms with Crippen LogP contribution in [-0.2, 0) is 16.1 Å². The highest BCUT2D eigenvalue weighted by molar-refractivity contribution is 6.30. The van der Waals surface area contributed by atoms with Crippen molar-refractivity contribution in [3.63, 3.8) is 0 Å². The number of hydrogen-bond acceptors (Lipinski definition) is 3. The number of carbonyl (C=O) groups excluding carboxylic acids is 1. The summed E-state index contributed by atoms with van der Waals surface area (Å²) in [5, 5.41) is 0.718. The zero-order valence-electron chi connectivity index (χ0n) is 12.8. The molecule has 1 aromatic carbocycles. The van der Waals surface area contributed by atoms with Gasteiger partial charge in [-0.15, -0.1) is 0 Å². The maximum Gasteiger partial charge on any atom is 0.410 e. The fourth-order valence-electron chi connectivity index (χ4n) is 2.15. The lowest BCUT2D eigenvalue weighted by Gasteiger charge is -2.24. The zero-order chi connectivity index (χ0) is 15.5. The zero-order valence-corrected chi connectivity index (χ0v) is 13.5. The molecule has 2 rings (SSSR count). The van der Waals surface area contributed by atoms with Crippen LogP contribution in [0.4, 0.5) is 4.79 Å². The lowest BCUT2D eigenvalue weighted by molar-refractivity contribution is 0.0184. The van der Waals surface area contributed by atoms with Crippen LogP contribution in [0.3, 0.4) is 0 Å². The van der Waals surface area contributed by atoms with E-state index in [1.54, 1.807) is 4.90 Å². The fraction of sp³-hybridized carbons (Fsp3) is 0.562. The van der Waals surface area contributed by atoms with E-state index in [0.29, 0.717) is 19.7 Å². The molecule has 1 amide bonds. The number of ether oxygens (including phenoxy) is 2. The number of carbonyl (C=O) groups is 1. The summed E-state index contributed by atoms with van der Waals surface area (Å²) in [5.41, 5.74) is 0.620. The summed E-state index contributed by atoms with van der Waals surface area (Å²) < 4.78 is 11.2. The van der Waals surface area contributed by atoms with E-state index in [4.69, 9.17) is 21.1 Å². The van der Waals surface area contributed by atoms with Gasteiger partial charge in [-0.3, -0.25) is 0 Å². The highest BCUT2D eigenvalue weighted by atomic mass is 35.5. The average molecular weight is 312 g/mol. The Bertz CT molecular complexity index is 481. The maximum atomic E-state index is 12.0. The van der Waals surface area contributed by atoms with Crippen LogP contribution in [0.2, 0.25) is 5.02 Å². The van der Waals surface area contributed by atoms with Gasteiger partial charge in [-0.2, -0.15) is 0 Å². The Kier molecular flexibility index (Phi) is 5.12. The van der Waals surface area contributed by atoms with Crippen LogP contribution in [0.1, 0.15) is 32.8 Å². The van der Waals surface area contributed by atoms with Crippen LogP contribution in [0.5, 0.6) is 0 Å². The summed E-state index contributed by atoms with van der Waals surface area (Å²) in [6.45, 7) is 7.41. The molecule has 1 saturated heterocycles. The number of halogens is 1. The number of likely N-dealkylation sites (tertiary alicyclic amines) is 1. The summed E-state index contributed by atoms with van der Waals surface area (Å²) in [6.07, 6.45) is 0.639. The molecular weight excluding hydrogens is 290 g/mol. The highest BCUT2D eigenvalue weighted by Crippen LogP contribution is 2.18. The third-order valence-electron chi connectivity index (χ3n) is 3.20. The molecule has 0 aliphatic carbocycles. The first-order chi connectivity index (χ1) is 9.83. The Morgan fingerprint density at radius 3 is 2.62 bits per heavy atom. The van der Waals surface area contributed by atoms with Gasteiger partial charge in [-0.25, -0.2) is 4.79 Å². The van der Waals surface area contributed by atoms with Crippen molar-refractivity contribution < 1.29 is 14.3 Å². The predicted molar refractivity (Wildman–Crippen MR) is 82.5 cm³/mol. The van der Waals surface area contributed by atoms with Crippen molar-refractivity contribution in [1.29, 1.82) is 0 Å². The maximum absolute atomic E-state index is 12.0. The van der Waals surface area contributed by atoms with Crippen LogP contribution in [0, 0.1) is 0 Å². The molecular formula is C16H22ClNO3. The van der Waals surface area contributed by atoms with Gasteiger partial charge in [0.05, 0.1) is 19.3 Å². The third-order valence-corrected chi connectivity index (χ3v) is 3.45. The molecule has 0 bridgehead atoms. The summed E-state index contributed by atoms with van der Waals surface area (Å²) in [5.74, 6) is 0. The molecule has 1 aliphatic rings. The Balaban J connectivity index is 1.77. The normalized spacial score (nSPS) is 18.9. The largest absolute Gasteiger partial charge is 0.444 e. The lowest BCUT2D eigenvalue weighted by atomic mass is 10.2. The van der Waals surface area contributed by atoms with Gasteiger partial charge < -0.3 is 14.4 Å². The molecule has 1 aromatic rings. The molecule has 5 heteroatoms. The minimum atomic E-state index is -0.459. The number of nitrogens with zero attached hydrogens (tertiary/aromatic N) is 1. The molecule has 0 unspecified atom stereocenters. The van der Waals surface area contributed by atoms with Gasteiger partial charge >= 0.3 is 6.09 Å². The lowest BCUT2D eigenvalue weighted by Crippen LogP contribution is -2.36. The standard InChI is InChI=1S/C16H22ClNO3/c1-16(2,3)21-15(19)18-9-8-14(10-18)20-11-12-4-6-13(17)7-5-12/h4-7,14H,8-11H2,1-3H3/t14-/m1/s1. The number of hydrogen-bond donors (Lipinski definition) is 0. The highest BCUT2D eigenvalue weighted by Gasteiger charge is 2.30. The Morgan fingerprint density at radius 1 is 1.33 bits per heavy atom. The van der Waals surface area contributed by atoms with Crippen molar-refractivity contribution in [2.24, 2.45) is 0 Å². The fourth-order valence-corrected chi connectivity index (χ4v) is 2.28. The quantitative estimate of drug-likeness (QED) is 0.850. The molecule has 0 radical (unpaired) electrons. The minimum Gasteiger partial charge on any atom is -0.444 e. The van der Waals surface area contributed by atoms with E-state index in [1.807, 2.05) is 45.0 Å². The van der Waals surface area contributed by atoms with Gasteiger partial charge in [-0.05, 0) is 44.9 Å². The predicted octanol–water partition coefficient (Wildman–Crippen LogP) is 3.87. The molecule has 0 saturated carbocycles. The van der Waals surface area contributed by atoms with Gasteiger partial charge in [0, 0.05) is 11.6 Å². The number of rotatable bonds is 3. The molecule has 4 nitrogen and oxygen atoms in total. The molecule has 1 heterocycles. The van der Waals surface area contributed by atoms with Crippen LogP contribution < -0.4 is 0 Å². The van der Waals surface area contributed by atoms with Gasteiger partial charge in [0.15, 0.2) is 0 Å². The third kappa shape index (κ3) is 5.21. The second-order valence-corrected chi connectivity index (χ2v) is 6.71. The number of benzene rings is 1. The van der Waals surface area contributed by atoms with Crippen molar-refractivity contribution in [2.45, 2.75) is 45.5 Å². The van der Waals surface area contributed by atoms with Gasteiger partial charge in [0.25, 0.3) is 0 Å². The Morgan fingerprint density at radius 2 is 2.00 bits per heavy atom. The van der Waals surface area contributed by atoms with Crippen LogP contribution in [0.25, 0.3) is 0 Å². The van der Waals surface area contributed by atoms with Crippen LogP contribution in [-0.4, -0.2) is 35.8 Å². The van der Waals surface area contributed by atoms with E-state index in [2.05, 4.69) is 0 Å². The van der Waals surface area contributed by atoms with Crippen LogP contribution in [0.15, 0.2) is 24.3 Å². The topological polar surface area (TPSA) is 38.8 Å². The first-order valence-electron chi connectivity index (χ1n) is 7.17. The van der Waals surface area contributed by atoms with Crippen molar-refractivity contribution in [3.8, 4) is 0 Å². The van der Waals surface area contributed by atoms with E-state index in [1.165, 1.54) is 0 Å². The summed E-state index contributed by atoms with van der Waals surface area (Å²) in [7, 11) is 0. The molecule has 0 aromatic heterocycles. The van der Waals surface area contributed by atoms with Crippen LogP contribution >= 0.6 is 11.6 Å². The second-order valence-electron chi connectivity index (χ2n) is 6.27. The summed E-state index contributed by atoms with van der Waals surface area (Å²) in [6, 6.07) is 7.59. The molecule has 0 N–H and O–H groups in total. The molecule has 21 heavy (non-hydrogen) atoms. The summed E-state index contributed by atoms with van der Waals surface area (Å²) >= 11 is 5.85. The SMILES string of the molecule is CC(C)(C)OC(=O)N1CC[C@@H](OCc2ccc(Cl)cc2)C1. The second kappa shape index (κ2) is 6.67. The van der Waals surface area contributed by atoms with Gasteiger partial charge in [0.2, 0.25) is 0 Å². The Hall–Kier alpha value is -1.26. The molecule has 0 spiro atoms. The minimum absolute atomic E-state index is 0.0631. The first kappa shape index (κ1) is 16.1. The first-order valence-corrected chi connectivity index (χ1v) is 7.55. The van der Waals surface area contributed by atoms with Crippen molar-refractivity contribution in [2.75, 3.05) is 13.1 Å². The Labute approximate surface area is 131 Å². The average Bonchev–Trinajstić information content (AvgIpc) is 2.85. The molecule has 1 fully saturated rings. The smallest absolute Gasteiger partial charge is 0.410 e. The van der Waals surface area contributed by atoms with Crippen molar-refractivity contribution >= 4 is 17.7 Å². The molecule has 116 valence electrons. The van der Waals surface area contributed by atoms with E-state index < -0.39 is 5.60 Å². The van der Waals surface area contributed by atoms with E-state index >= 15 is 0 Å². The van der Waals surface area contributed by atoms with E-state index in [0.717, 1.165) is 17.0 Å². The van der Waals surface area contributed by atoms with E-state index in [9.17, 15) is 4.79 Å². The monoisotopic (exact) mass is 311 g/mol. The number of amides is 1. The van der Waals surface area contributed by atoms with Crippen molar-refractivity contribution in [1.82, 2.24) is 4.90 Å². The van der Waals surface area contributed by atoms with Gasteiger partial charge in [-0.1, -0.05) is 23.7 Å². The summed E-state index contributed by atoms with van der Waals surface area (Å²) in [4.78, 5) is 13.7. The van der Waals surface area contributed by atoms with Gasteiger partial charge in [0.1, 0.15) is 5.60 Å². The molecule has 1 aliphatic heterocycles. The molecule has 1 atom stereocenters.